The van der Waals surface area contributed by atoms with Crippen LogP contribution in [0.2, 0.25) is 0 Å². The Morgan fingerprint density at radius 2 is 2.36 bits per heavy atom. The monoisotopic (exact) mass is 265 g/mol. The molecule has 5 heteroatoms. The first kappa shape index (κ1) is 12.0. The molecule has 0 saturated heterocycles. The van der Waals surface area contributed by atoms with Crippen molar-refractivity contribution in [2.75, 3.05) is 6.23 Å². The van der Waals surface area contributed by atoms with Gasteiger partial charge in [-0.3, -0.25) is 0 Å². The maximum atomic E-state index is 9.91. The van der Waals surface area contributed by atoms with Gasteiger partial charge in [0.1, 0.15) is 0 Å². The van der Waals surface area contributed by atoms with Crippen molar-refractivity contribution in [2.24, 2.45) is 0 Å². The molecule has 1 rings (SSSR count). The minimum atomic E-state index is 0. The van der Waals surface area contributed by atoms with Crippen LogP contribution in [0.4, 0.5) is 0 Å². The molecule has 0 aliphatic heterocycles. The van der Waals surface area contributed by atoms with Gasteiger partial charge in [0.05, 0.1) is 6.61 Å². The molecule has 0 aliphatic rings. The Balaban J connectivity index is 0.00000196. The molecule has 0 bridgehead atoms. The van der Waals surface area contributed by atoms with Gasteiger partial charge in [-0.1, -0.05) is 46.3 Å². The van der Waals surface area contributed by atoms with Crippen molar-refractivity contribution in [1.29, 1.82) is 0 Å². The maximum absolute atomic E-state index is 9.91. The Morgan fingerprint density at radius 1 is 1.57 bits per heavy atom. The van der Waals surface area contributed by atoms with E-state index < -0.39 is 0 Å². The van der Waals surface area contributed by atoms with Crippen molar-refractivity contribution in [1.82, 2.24) is 0 Å². The summed E-state index contributed by atoms with van der Waals surface area (Å²) in [6.45, 7) is 1.64. The van der Waals surface area contributed by atoms with Crippen LogP contribution in [0.3, 0.4) is 0 Å². The first-order valence-electron chi connectivity index (χ1n) is 4.24. The van der Waals surface area contributed by atoms with Crippen LogP contribution in [-0.4, -0.2) is 12.7 Å². The zero-order valence-electron chi connectivity index (χ0n) is 8.30. The van der Waals surface area contributed by atoms with Gasteiger partial charge < -0.3 is 9.53 Å². The molecule has 1 aromatic rings. The molecule has 0 fully saturated rings. The van der Waals surface area contributed by atoms with Gasteiger partial charge in [-0.25, -0.2) is 0 Å². The van der Waals surface area contributed by atoms with E-state index in [1.165, 1.54) is 28.1 Å². The molecule has 0 aliphatic carbocycles. The van der Waals surface area contributed by atoms with Crippen molar-refractivity contribution in [3.05, 3.63) is 29.8 Å². The molecular formula is C9H9O2S2V-. The minimum absolute atomic E-state index is 0. The zero-order chi connectivity index (χ0) is 10.2. The van der Waals surface area contributed by atoms with E-state index in [1.54, 1.807) is 0 Å². The molecular weight excluding hydrogens is 255 g/mol. The third kappa shape index (κ3) is 4.46. The van der Waals surface area contributed by atoms with E-state index in [2.05, 4.69) is 4.74 Å². The van der Waals surface area contributed by atoms with Crippen molar-refractivity contribution >= 4 is 28.1 Å². The van der Waals surface area contributed by atoms with Gasteiger partial charge in [0.2, 0.25) is 0 Å². The topological polar surface area (TPSA) is 26.3 Å². The molecule has 1 radical (unpaired) electrons. The quantitative estimate of drug-likeness (QED) is 0.604. The van der Waals surface area contributed by atoms with Crippen molar-refractivity contribution < 1.29 is 29.5 Å². The van der Waals surface area contributed by atoms with Gasteiger partial charge in [-0.15, -0.1) is 0 Å². The summed E-state index contributed by atoms with van der Waals surface area (Å²) in [4.78, 5) is 10.9. The van der Waals surface area contributed by atoms with E-state index >= 15 is 0 Å². The molecule has 0 amide bonds. The number of ether oxygens (including phenoxy) is 1. The van der Waals surface area contributed by atoms with Crippen molar-refractivity contribution in [3.8, 4) is 0 Å². The van der Waals surface area contributed by atoms with Crippen LogP contribution < -0.4 is 0 Å². The summed E-state index contributed by atoms with van der Waals surface area (Å²) in [5, 5.41) is 0. The molecule has 0 unspecified atom stereocenters. The van der Waals surface area contributed by atoms with E-state index in [0.29, 0.717) is 6.23 Å². The van der Waals surface area contributed by atoms with E-state index in [1.807, 2.05) is 24.3 Å². The molecule has 1 aromatic carbocycles. The summed E-state index contributed by atoms with van der Waals surface area (Å²) in [5.41, 5.74) is 0.946. The average molecular weight is 265 g/mol. The molecule has 0 spiro atoms. The number of hydrogen-bond donors (Lipinski definition) is 0. The fourth-order valence-electron chi connectivity index (χ4n) is 0.875. The normalized spacial score (nSPS) is 9.86. The molecule has 0 atom stereocenters. The Bertz CT molecular complexity index is 299. The summed E-state index contributed by atoms with van der Waals surface area (Å²) in [6, 6.07) is 7.64. The largest absolute Gasteiger partial charge is 0.650 e. The summed E-state index contributed by atoms with van der Waals surface area (Å²) in [7, 11) is 2.95. The molecule has 14 heavy (non-hydrogen) atoms. The van der Waals surface area contributed by atoms with Crippen LogP contribution in [0.5, 0.6) is 0 Å². The first-order valence-corrected chi connectivity index (χ1v) is 5.86. The Kier molecular flexibility index (Phi) is 7.14. The first-order chi connectivity index (χ1) is 6.88. The summed E-state index contributed by atoms with van der Waals surface area (Å²) >= 11 is 0. The van der Waals surface area contributed by atoms with Gasteiger partial charge in [-0.05, 0) is 12.3 Å². The van der Waals surface area contributed by atoms with Crippen molar-refractivity contribution in [3.63, 3.8) is 0 Å². The second-order valence-electron chi connectivity index (χ2n) is 2.18. The molecule has 0 aromatic heterocycles. The van der Waals surface area contributed by atoms with Crippen molar-refractivity contribution in [2.45, 2.75) is 11.5 Å². The average Bonchev–Trinajstić information content (AvgIpc) is 2.24. The van der Waals surface area contributed by atoms with Crippen LogP contribution in [0, 0.1) is 0 Å². The predicted molar refractivity (Wildman–Crippen MR) is 56.3 cm³/mol. The summed E-state index contributed by atoms with van der Waals surface area (Å²) < 4.78 is 11.6. The summed E-state index contributed by atoms with van der Waals surface area (Å²) in [6.07, 6.45) is 0.305. The van der Waals surface area contributed by atoms with E-state index in [0.717, 1.165) is 10.5 Å². The fraction of sp³-hybridized carbons (Fsp3) is 0.222. The number of carbonyl (C=O) groups excluding carboxylic acids is 1. The number of rotatable bonds is 5. The van der Waals surface area contributed by atoms with Gasteiger partial charge >= 0.3 is 0 Å². The third-order valence-corrected chi connectivity index (χ3v) is 3.00. The second kappa shape index (κ2) is 8.30. The molecule has 0 heterocycles. The maximum Gasteiger partial charge on any atom is 0.0757 e. The second-order valence-corrected chi connectivity index (χ2v) is 4.23. The number of hydrogen-bond acceptors (Lipinski definition) is 4. The minimum Gasteiger partial charge on any atom is -0.650 e. The predicted octanol–water partition coefficient (Wildman–Crippen LogP) is 2.64. The third-order valence-electron chi connectivity index (χ3n) is 1.41. The molecule has 0 N–H and O–H groups in total. The Morgan fingerprint density at radius 3 is 3.07 bits per heavy atom. The zero-order valence-corrected chi connectivity index (χ0v) is 10.3. The standard InChI is InChI=1S/C9H9O2S2.V/c1-12-13-9-5-3-2-4-8(9)6-11-7-10;/h2-5H,6H2,1H3;/q-1;/i1D;. The van der Waals surface area contributed by atoms with Crippen LogP contribution in [0.15, 0.2) is 29.2 Å². The smallest absolute Gasteiger partial charge is 0.0757 e. The van der Waals surface area contributed by atoms with Crippen LogP contribution in [-0.2, 0) is 34.7 Å². The van der Waals surface area contributed by atoms with Gasteiger partial charge in [0.15, 0.2) is 0 Å². The van der Waals surface area contributed by atoms with Gasteiger partial charge in [0.25, 0.3) is 0 Å². The van der Waals surface area contributed by atoms with Crippen LogP contribution in [0.1, 0.15) is 6.93 Å². The molecule has 75 valence electrons. The Hall–Kier alpha value is -0.0256. The fourth-order valence-corrected chi connectivity index (χ4v) is 2.24. The van der Waals surface area contributed by atoms with Gasteiger partial charge in [0, 0.05) is 30.4 Å². The van der Waals surface area contributed by atoms with E-state index in [-0.39, 0.29) is 25.2 Å². The van der Waals surface area contributed by atoms with E-state index in [4.69, 9.17) is 1.37 Å². The van der Waals surface area contributed by atoms with Crippen LogP contribution in [0.25, 0.3) is 0 Å². The van der Waals surface area contributed by atoms with Gasteiger partial charge in [-0.2, -0.15) is 0 Å². The molecule has 2 nitrogen and oxygen atoms in total. The van der Waals surface area contributed by atoms with Crippen LogP contribution >= 0.6 is 21.6 Å². The summed E-state index contributed by atoms with van der Waals surface area (Å²) in [5.74, 6) is 0. The number of benzene rings is 1. The van der Waals surface area contributed by atoms with E-state index in [9.17, 15) is 4.79 Å². The molecule has 0 saturated carbocycles. The Labute approximate surface area is 105 Å². The SMILES string of the molecule is [2H]CSSc1ccccc1CO[C-]=O.[V].